The lowest BCUT2D eigenvalue weighted by Gasteiger charge is -2.26. The van der Waals surface area contributed by atoms with Crippen molar-refractivity contribution in [3.05, 3.63) is 54.4 Å². The molecule has 130 valence electrons. The lowest BCUT2D eigenvalue weighted by atomic mass is 10.2. The molecule has 3 aromatic rings. The molecule has 3 heterocycles. The van der Waals surface area contributed by atoms with Crippen LogP contribution in [0.2, 0.25) is 0 Å². The first kappa shape index (κ1) is 16.3. The van der Waals surface area contributed by atoms with Crippen LogP contribution >= 0.6 is 0 Å². The third kappa shape index (κ3) is 3.06. The number of imidazole rings is 1. The average Bonchev–Trinajstić information content (AvgIpc) is 3.06. The number of nitrogens with zero attached hydrogens (tertiary/aromatic N) is 3. The van der Waals surface area contributed by atoms with Gasteiger partial charge in [0, 0.05) is 31.0 Å². The Morgan fingerprint density at radius 1 is 1.12 bits per heavy atom. The minimum Gasteiger partial charge on any atom is -0.379 e. The molecule has 7 heteroatoms. The summed E-state index contributed by atoms with van der Waals surface area (Å²) in [5, 5.41) is 0. The van der Waals surface area contributed by atoms with Crippen molar-refractivity contribution in [3.63, 3.8) is 0 Å². The fraction of sp³-hybridized carbons (Fsp3) is 0.278. The van der Waals surface area contributed by atoms with E-state index in [4.69, 9.17) is 4.74 Å². The van der Waals surface area contributed by atoms with Crippen LogP contribution in [0.25, 0.3) is 16.9 Å². The number of ether oxygens (including phenoxy) is 1. The zero-order chi connectivity index (χ0) is 17.4. The third-order valence-electron chi connectivity index (χ3n) is 4.35. The summed E-state index contributed by atoms with van der Waals surface area (Å²) in [7, 11) is -3.51. The van der Waals surface area contributed by atoms with Gasteiger partial charge in [0.25, 0.3) is 0 Å². The molecule has 0 amide bonds. The molecule has 25 heavy (non-hydrogen) atoms. The third-order valence-corrected chi connectivity index (χ3v) is 6.25. The highest BCUT2D eigenvalue weighted by atomic mass is 32.2. The lowest BCUT2D eigenvalue weighted by Crippen LogP contribution is -2.40. The number of pyridine rings is 1. The van der Waals surface area contributed by atoms with Gasteiger partial charge in [0.2, 0.25) is 10.0 Å². The quantitative estimate of drug-likeness (QED) is 0.722. The first-order valence-corrected chi connectivity index (χ1v) is 9.62. The number of hydrogen-bond donors (Lipinski definition) is 0. The molecule has 0 unspecified atom stereocenters. The first-order chi connectivity index (χ1) is 12.0. The van der Waals surface area contributed by atoms with Crippen molar-refractivity contribution >= 4 is 15.7 Å². The number of rotatable bonds is 3. The fourth-order valence-corrected chi connectivity index (χ4v) is 4.43. The lowest BCUT2D eigenvalue weighted by molar-refractivity contribution is 0.0730. The Bertz CT molecular complexity index is 1020. The number of aryl methyl sites for hydroxylation is 1. The standard InChI is InChI=1S/C18H19N3O3S/c1-14-5-6-20-13-17(19-18(20)11-14)15-3-2-4-16(12-15)25(22,23)21-7-9-24-10-8-21/h2-6,11-13H,7-10H2,1H3. The summed E-state index contributed by atoms with van der Waals surface area (Å²) in [6, 6.07) is 11.0. The van der Waals surface area contributed by atoms with Crippen LogP contribution in [0.4, 0.5) is 0 Å². The maximum Gasteiger partial charge on any atom is 0.243 e. The number of fused-ring (bicyclic) bond motifs is 1. The Morgan fingerprint density at radius 2 is 1.92 bits per heavy atom. The van der Waals surface area contributed by atoms with Crippen LogP contribution in [0.1, 0.15) is 5.56 Å². The van der Waals surface area contributed by atoms with Crippen LogP contribution in [-0.2, 0) is 14.8 Å². The molecule has 0 atom stereocenters. The molecule has 0 bridgehead atoms. The maximum absolute atomic E-state index is 12.8. The zero-order valence-electron chi connectivity index (χ0n) is 13.9. The molecule has 1 fully saturated rings. The highest BCUT2D eigenvalue weighted by molar-refractivity contribution is 7.89. The molecule has 6 nitrogen and oxygen atoms in total. The van der Waals surface area contributed by atoms with E-state index in [1.807, 2.05) is 41.9 Å². The van der Waals surface area contributed by atoms with E-state index >= 15 is 0 Å². The van der Waals surface area contributed by atoms with Gasteiger partial charge in [-0.15, -0.1) is 0 Å². The van der Waals surface area contributed by atoms with Gasteiger partial charge >= 0.3 is 0 Å². The van der Waals surface area contributed by atoms with Crippen molar-refractivity contribution in [2.24, 2.45) is 0 Å². The SMILES string of the molecule is Cc1ccn2cc(-c3cccc(S(=O)(=O)N4CCOCC4)c3)nc2c1. The molecular weight excluding hydrogens is 338 g/mol. The maximum atomic E-state index is 12.8. The second-order valence-corrected chi connectivity index (χ2v) is 8.08. The van der Waals surface area contributed by atoms with E-state index in [1.165, 1.54) is 4.31 Å². The van der Waals surface area contributed by atoms with Crippen LogP contribution in [0.3, 0.4) is 0 Å². The van der Waals surface area contributed by atoms with Crippen molar-refractivity contribution in [1.29, 1.82) is 0 Å². The first-order valence-electron chi connectivity index (χ1n) is 8.18. The Morgan fingerprint density at radius 3 is 2.72 bits per heavy atom. The van der Waals surface area contributed by atoms with E-state index < -0.39 is 10.0 Å². The Hall–Kier alpha value is -2.22. The van der Waals surface area contributed by atoms with Crippen molar-refractivity contribution in [1.82, 2.24) is 13.7 Å². The van der Waals surface area contributed by atoms with E-state index in [0.717, 1.165) is 22.5 Å². The largest absolute Gasteiger partial charge is 0.379 e. The molecule has 0 aliphatic carbocycles. The van der Waals surface area contributed by atoms with Gasteiger partial charge in [-0.1, -0.05) is 12.1 Å². The van der Waals surface area contributed by atoms with Crippen molar-refractivity contribution in [2.75, 3.05) is 26.3 Å². The van der Waals surface area contributed by atoms with E-state index in [9.17, 15) is 8.42 Å². The molecular formula is C18H19N3O3S. The van der Waals surface area contributed by atoms with Gasteiger partial charge in [-0.25, -0.2) is 13.4 Å². The van der Waals surface area contributed by atoms with Crippen molar-refractivity contribution in [3.8, 4) is 11.3 Å². The predicted molar refractivity (Wildman–Crippen MR) is 94.9 cm³/mol. The molecule has 0 spiro atoms. The second-order valence-electron chi connectivity index (χ2n) is 6.14. The van der Waals surface area contributed by atoms with Crippen LogP contribution in [0.15, 0.2) is 53.7 Å². The van der Waals surface area contributed by atoms with Crippen LogP contribution < -0.4 is 0 Å². The summed E-state index contributed by atoms with van der Waals surface area (Å²) in [6.07, 6.45) is 3.87. The summed E-state index contributed by atoms with van der Waals surface area (Å²) in [4.78, 5) is 4.91. The predicted octanol–water partition coefficient (Wildman–Crippen LogP) is 2.33. The fourth-order valence-electron chi connectivity index (χ4n) is 2.97. The summed E-state index contributed by atoms with van der Waals surface area (Å²) < 4.78 is 34.3. The van der Waals surface area contributed by atoms with Crippen LogP contribution in [0, 0.1) is 6.92 Å². The van der Waals surface area contributed by atoms with E-state index in [0.29, 0.717) is 31.2 Å². The smallest absolute Gasteiger partial charge is 0.243 e. The van der Waals surface area contributed by atoms with E-state index in [1.54, 1.807) is 18.2 Å². The molecule has 1 aliphatic rings. The molecule has 2 aromatic heterocycles. The molecule has 1 aromatic carbocycles. The summed E-state index contributed by atoms with van der Waals surface area (Å²) in [5.74, 6) is 0. The number of hydrogen-bond acceptors (Lipinski definition) is 4. The van der Waals surface area contributed by atoms with Gasteiger partial charge in [-0.2, -0.15) is 4.31 Å². The van der Waals surface area contributed by atoms with Gasteiger partial charge in [-0.3, -0.25) is 0 Å². The summed E-state index contributed by atoms with van der Waals surface area (Å²) in [6.45, 7) is 3.67. The second kappa shape index (κ2) is 6.25. The van der Waals surface area contributed by atoms with Crippen molar-refractivity contribution in [2.45, 2.75) is 11.8 Å². The van der Waals surface area contributed by atoms with Gasteiger partial charge in [0.1, 0.15) is 5.65 Å². The van der Waals surface area contributed by atoms with Crippen LogP contribution in [-0.4, -0.2) is 48.4 Å². The minimum atomic E-state index is -3.51. The molecule has 4 rings (SSSR count). The molecule has 0 saturated carbocycles. The van der Waals surface area contributed by atoms with Gasteiger partial charge < -0.3 is 9.14 Å². The Kier molecular flexibility index (Phi) is 4.07. The van der Waals surface area contributed by atoms with Gasteiger partial charge in [0.05, 0.1) is 23.8 Å². The van der Waals surface area contributed by atoms with Gasteiger partial charge in [-0.05, 0) is 36.8 Å². The van der Waals surface area contributed by atoms with Gasteiger partial charge in [0.15, 0.2) is 0 Å². The molecule has 1 aliphatic heterocycles. The number of sulfonamides is 1. The minimum absolute atomic E-state index is 0.292. The average molecular weight is 357 g/mol. The highest BCUT2D eigenvalue weighted by Crippen LogP contribution is 2.25. The highest BCUT2D eigenvalue weighted by Gasteiger charge is 2.26. The molecule has 0 radical (unpaired) electrons. The summed E-state index contributed by atoms with van der Waals surface area (Å²) in [5.41, 5.74) is 3.52. The number of morpholine rings is 1. The van der Waals surface area contributed by atoms with E-state index in [-0.39, 0.29) is 0 Å². The summed E-state index contributed by atoms with van der Waals surface area (Å²) >= 11 is 0. The topological polar surface area (TPSA) is 63.9 Å². The van der Waals surface area contributed by atoms with Crippen LogP contribution in [0.5, 0.6) is 0 Å². The molecule has 1 saturated heterocycles. The Balaban J connectivity index is 1.73. The zero-order valence-corrected chi connectivity index (χ0v) is 14.7. The monoisotopic (exact) mass is 357 g/mol. The number of benzene rings is 1. The van der Waals surface area contributed by atoms with E-state index in [2.05, 4.69) is 4.98 Å². The van der Waals surface area contributed by atoms with Crippen molar-refractivity contribution < 1.29 is 13.2 Å². The molecule has 0 N–H and O–H groups in total. The Labute approximate surface area is 146 Å². The normalized spacial score (nSPS) is 16.4. The number of aromatic nitrogens is 2.